The molecule has 0 spiro atoms. The number of aromatic nitrogens is 2. The topological polar surface area (TPSA) is 101 Å². The number of rotatable bonds is 4. The van der Waals surface area contributed by atoms with E-state index in [0.717, 1.165) is 12.4 Å². The number of benzene rings is 1. The second-order valence-corrected chi connectivity index (χ2v) is 3.65. The van der Waals surface area contributed by atoms with Crippen LogP contribution in [0.3, 0.4) is 0 Å². The molecule has 0 amide bonds. The van der Waals surface area contributed by atoms with Crippen molar-refractivity contribution in [2.75, 3.05) is 11.9 Å². The molecule has 0 aliphatic heterocycles. The van der Waals surface area contributed by atoms with E-state index in [9.17, 15) is 23.7 Å². The highest BCUT2D eigenvalue weighted by Crippen LogP contribution is 2.27. The van der Waals surface area contributed by atoms with Crippen molar-refractivity contribution >= 4 is 22.3 Å². The van der Waals surface area contributed by atoms with E-state index in [1.54, 1.807) is 0 Å². The Morgan fingerprint density at radius 2 is 2.21 bits per heavy atom. The third-order valence-electron chi connectivity index (χ3n) is 2.40. The molecule has 100 valence electrons. The van der Waals surface area contributed by atoms with E-state index >= 15 is 0 Å². The van der Waals surface area contributed by atoms with Crippen LogP contribution in [0.4, 0.5) is 20.2 Å². The van der Waals surface area contributed by atoms with E-state index in [-0.39, 0.29) is 16.6 Å². The van der Waals surface area contributed by atoms with Crippen molar-refractivity contribution in [3.8, 4) is 0 Å². The smallest absolute Gasteiger partial charge is 0.293 e. The first-order valence-electron chi connectivity index (χ1n) is 5.17. The van der Waals surface area contributed by atoms with Crippen molar-refractivity contribution in [2.24, 2.45) is 0 Å². The number of fused-ring (bicyclic) bond motifs is 1. The molecule has 0 radical (unpaired) electrons. The summed E-state index contributed by atoms with van der Waals surface area (Å²) in [6.45, 7) is -0.727. The van der Waals surface area contributed by atoms with E-state index in [4.69, 9.17) is 0 Å². The Bertz CT molecular complexity index is 686. The van der Waals surface area contributed by atoms with Crippen LogP contribution in [-0.2, 0) is 0 Å². The molecule has 2 N–H and O–H groups in total. The quantitative estimate of drug-likeness (QED) is 0.647. The number of nitrogens with one attached hydrogen (secondary N) is 2. The molecule has 19 heavy (non-hydrogen) atoms. The largest absolute Gasteiger partial charge is 0.374 e. The highest BCUT2D eigenvalue weighted by molar-refractivity contribution is 5.86. The van der Waals surface area contributed by atoms with Crippen LogP contribution in [0.15, 0.2) is 23.3 Å². The highest BCUT2D eigenvalue weighted by Gasteiger charge is 2.17. The summed E-state index contributed by atoms with van der Waals surface area (Å²) in [4.78, 5) is 27.7. The number of hydrogen-bond acceptors (Lipinski definition) is 5. The maximum atomic E-state index is 12.1. The Morgan fingerprint density at radius 3 is 2.84 bits per heavy atom. The molecule has 1 aromatic heterocycles. The molecule has 1 aromatic carbocycles. The summed E-state index contributed by atoms with van der Waals surface area (Å²) in [5, 5.41) is 13.2. The first-order valence-corrected chi connectivity index (χ1v) is 5.17. The second-order valence-electron chi connectivity index (χ2n) is 3.65. The molecule has 0 saturated heterocycles. The second kappa shape index (κ2) is 4.96. The minimum Gasteiger partial charge on any atom is -0.374 e. The van der Waals surface area contributed by atoms with Gasteiger partial charge >= 0.3 is 0 Å². The van der Waals surface area contributed by atoms with Crippen molar-refractivity contribution in [3.05, 3.63) is 38.9 Å². The zero-order valence-corrected chi connectivity index (χ0v) is 9.39. The molecular weight excluding hydrogens is 262 g/mol. The Balaban J connectivity index is 2.58. The normalized spacial score (nSPS) is 10.9. The zero-order chi connectivity index (χ0) is 14.0. The predicted octanol–water partition coefficient (Wildman–Crippen LogP) is 1.51. The van der Waals surface area contributed by atoms with Gasteiger partial charge in [0.1, 0.15) is 5.69 Å². The van der Waals surface area contributed by atoms with Crippen LogP contribution in [0.25, 0.3) is 10.9 Å². The molecule has 7 nitrogen and oxygen atoms in total. The Morgan fingerprint density at radius 1 is 1.47 bits per heavy atom. The van der Waals surface area contributed by atoms with Gasteiger partial charge in [0.2, 0.25) is 0 Å². The maximum absolute atomic E-state index is 12.1. The lowest BCUT2D eigenvalue weighted by Gasteiger charge is -2.07. The Labute approximate surface area is 104 Å². The average molecular weight is 270 g/mol. The summed E-state index contributed by atoms with van der Waals surface area (Å²) in [7, 11) is 0. The van der Waals surface area contributed by atoms with Gasteiger partial charge in [0.05, 0.1) is 28.7 Å². The minimum absolute atomic E-state index is 0.0248. The fraction of sp³-hybridized carbons (Fsp3) is 0.200. The van der Waals surface area contributed by atoms with Crippen molar-refractivity contribution in [1.29, 1.82) is 0 Å². The van der Waals surface area contributed by atoms with Gasteiger partial charge in [-0.25, -0.2) is 13.8 Å². The maximum Gasteiger partial charge on any atom is 0.293 e. The van der Waals surface area contributed by atoms with E-state index in [1.807, 2.05) is 0 Å². The molecule has 0 aliphatic rings. The van der Waals surface area contributed by atoms with Crippen LogP contribution in [-0.4, -0.2) is 27.9 Å². The van der Waals surface area contributed by atoms with Gasteiger partial charge in [0.15, 0.2) is 0 Å². The van der Waals surface area contributed by atoms with Crippen LogP contribution in [0, 0.1) is 10.1 Å². The highest BCUT2D eigenvalue weighted by atomic mass is 19.3. The summed E-state index contributed by atoms with van der Waals surface area (Å²) in [5.41, 5.74) is -0.901. The van der Waals surface area contributed by atoms with Gasteiger partial charge in [-0.2, -0.15) is 0 Å². The standard InChI is InChI=1S/C10H8F2N4O3/c11-9(12)3-13-7-2-6-5(1-8(7)16(18)19)10(17)15-4-14-6/h1-2,4,9,13H,3H2,(H,14,15,17). The van der Waals surface area contributed by atoms with Crippen molar-refractivity contribution < 1.29 is 13.7 Å². The molecule has 0 unspecified atom stereocenters. The summed E-state index contributed by atoms with van der Waals surface area (Å²) in [6, 6.07) is 2.21. The summed E-state index contributed by atoms with van der Waals surface area (Å²) in [5.74, 6) is 0. The number of anilines is 1. The monoisotopic (exact) mass is 270 g/mol. The molecule has 0 fully saturated rings. The molecule has 9 heteroatoms. The summed E-state index contributed by atoms with van der Waals surface area (Å²) >= 11 is 0. The third-order valence-corrected chi connectivity index (χ3v) is 2.40. The number of nitrogens with zero attached hydrogens (tertiary/aromatic N) is 2. The van der Waals surface area contributed by atoms with E-state index in [1.165, 1.54) is 6.07 Å². The van der Waals surface area contributed by atoms with Crippen molar-refractivity contribution in [3.63, 3.8) is 0 Å². The lowest BCUT2D eigenvalue weighted by molar-refractivity contribution is -0.383. The van der Waals surface area contributed by atoms with Gasteiger partial charge in [0.25, 0.3) is 17.7 Å². The first kappa shape index (κ1) is 12.9. The number of hydrogen-bond donors (Lipinski definition) is 2. The minimum atomic E-state index is -2.65. The van der Waals surface area contributed by atoms with Gasteiger partial charge in [-0.05, 0) is 6.07 Å². The Kier molecular flexibility index (Phi) is 3.36. The zero-order valence-electron chi connectivity index (χ0n) is 9.39. The molecule has 0 saturated carbocycles. The molecule has 0 bridgehead atoms. The SMILES string of the molecule is O=c1[nH]cnc2cc(NCC(F)F)c([N+](=O)[O-])cc12. The number of halogens is 2. The Hall–Kier alpha value is -2.58. The number of nitro benzene ring substituents is 1. The third kappa shape index (κ3) is 2.64. The van der Waals surface area contributed by atoms with Crippen molar-refractivity contribution in [2.45, 2.75) is 6.43 Å². The fourth-order valence-corrected chi connectivity index (χ4v) is 1.58. The van der Waals surface area contributed by atoms with Gasteiger partial charge in [-0.3, -0.25) is 14.9 Å². The number of H-pyrrole nitrogens is 1. The number of aromatic amines is 1. The van der Waals surface area contributed by atoms with E-state index in [0.29, 0.717) is 0 Å². The first-order chi connectivity index (χ1) is 8.99. The molecule has 0 aliphatic carbocycles. The lowest BCUT2D eigenvalue weighted by atomic mass is 10.2. The van der Waals surface area contributed by atoms with Crippen LogP contribution in [0.1, 0.15) is 0 Å². The van der Waals surface area contributed by atoms with Gasteiger partial charge in [-0.1, -0.05) is 0 Å². The molecule has 0 atom stereocenters. The van der Waals surface area contributed by atoms with Gasteiger partial charge in [-0.15, -0.1) is 0 Å². The molecule has 2 rings (SSSR count). The molecule has 1 heterocycles. The van der Waals surface area contributed by atoms with Crippen molar-refractivity contribution in [1.82, 2.24) is 9.97 Å². The van der Waals surface area contributed by atoms with Crippen LogP contribution in [0.2, 0.25) is 0 Å². The summed E-state index contributed by atoms with van der Waals surface area (Å²) in [6.07, 6.45) is -1.52. The molecular formula is C10H8F2N4O3. The fourth-order valence-electron chi connectivity index (χ4n) is 1.58. The lowest BCUT2D eigenvalue weighted by Crippen LogP contribution is -2.13. The predicted molar refractivity (Wildman–Crippen MR) is 63.5 cm³/mol. The average Bonchev–Trinajstić information content (AvgIpc) is 2.35. The van der Waals surface area contributed by atoms with Crippen LogP contribution >= 0.6 is 0 Å². The van der Waals surface area contributed by atoms with E-state index < -0.39 is 29.1 Å². The van der Waals surface area contributed by atoms with Crippen LogP contribution in [0.5, 0.6) is 0 Å². The summed E-state index contributed by atoms with van der Waals surface area (Å²) < 4.78 is 24.3. The number of alkyl halides is 2. The van der Waals surface area contributed by atoms with E-state index in [2.05, 4.69) is 15.3 Å². The van der Waals surface area contributed by atoms with Gasteiger partial charge < -0.3 is 10.3 Å². The number of nitro groups is 1. The van der Waals surface area contributed by atoms with Gasteiger partial charge in [0, 0.05) is 6.07 Å². The van der Waals surface area contributed by atoms with Crippen LogP contribution < -0.4 is 10.9 Å². The molecule has 2 aromatic rings.